The Hall–Kier alpha value is -0.560. The quantitative estimate of drug-likeness (QED) is 0.850. The van der Waals surface area contributed by atoms with Crippen molar-refractivity contribution in [3.05, 3.63) is 29.8 Å². The molecule has 6 heteroatoms. The van der Waals surface area contributed by atoms with Crippen molar-refractivity contribution in [1.29, 1.82) is 0 Å². The van der Waals surface area contributed by atoms with Crippen LogP contribution in [0.3, 0.4) is 0 Å². The van der Waals surface area contributed by atoms with Crippen LogP contribution in [0.15, 0.2) is 37.8 Å². The van der Waals surface area contributed by atoms with Crippen molar-refractivity contribution < 1.29 is 0 Å². The van der Waals surface area contributed by atoms with E-state index in [4.69, 9.17) is 5.73 Å². The first-order chi connectivity index (χ1) is 8.72. The SMILES string of the molecule is CC[C@@H](N)c1ccc(Sc2nnc(SC)s2)cc1. The molecule has 1 aromatic carbocycles. The van der Waals surface area contributed by atoms with E-state index in [9.17, 15) is 0 Å². The molecule has 0 aliphatic heterocycles. The van der Waals surface area contributed by atoms with E-state index in [2.05, 4.69) is 41.4 Å². The highest BCUT2D eigenvalue weighted by atomic mass is 32.2. The molecular weight excluding hydrogens is 282 g/mol. The van der Waals surface area contributed by atoms with Crippen LogP contribution >= 0.6 is 34.9 Å². The lowest BCUT2D eigenvalue weighted by molar-refractivity contribution is 0.698. The summed E-state index contributed by atoms with van der Waals surface area (Å²) in [5, 5.41) is 8.22. The zero-order chi connectivity index (χ0) is 13.0. The lowest BCUT2D eigenvalue weighted by Crippen LogP contribution is -2.07. The Morgan fingerprint density at radius 1 is 1.22 bits per heavy atom. The highest BCUT2D eigenvalue weighted by Crippen LogP contribution is 2.33. The summed E-state index contributed by atoms with van der Waals surface area (Å²) in [6.45, 7) is 2.10. The van der Waals surface area contributed by atoms with E-state index in [1.807, 2.05) is 6.26 Å². The second-order valence-electron chi connectivity index (χ2n) is 3.72. The van der Waals surface area contributed by atoms with E-state index in [-0.39, 0.29) is 6.04 Å². The fourth-order valence-electron chi connectivity index (χ4n) is 1.44. The van der Waals surface area contributed by atoms with E-state index in [0.29, 0.717) is 0 Å². The molecule has 18 heavy (non-hydrogen) atoms. The third-order valence-electron chi connectivity index (χ3n) is 2.52. The largest absolute Gasteiger partial charge is 0.324 e. The highest BCUT2D eigenvalue weighted by Gasteiger charge is 2.06. The van der Waals surface area contributed by atoms with Crippen molar-refractivity contribution in [1.82, 2.24) is 10.2 Å². The van der Waals surface area contributed by atoms with Gasteiger partial charge in [0.1, 0.15) is 0 Å². The van der Waals surface area contributed by atoms with Crippen molar-refractivity contribution in [2.45, 2.75) is 33.0 Å². The predicted octanol–water partition coefficient (Wildman–Crippen LogP) is 3.82. The second-order valence-corrected chi connectivity index (χ2v) is 7.08. The van der Waals surface area contributed by atoms with Gasteiger partial charge in [-0.1, -0.05) is 53.9 Å². The Balaban J connectivity index is 2.06. The molecule has 1 heterocycles. The van der Waals surface area contributed by atoms with Crippen molar-refractivity contribution in [2.75, 3.05) is 6.26 Å². The van der Waals surface area contributed by atoms with Gasteiger partial charge in [-0.05, 0) is 30.4 Å². The first kappa shape index (κ1) is 13.9. The van der Waals surface area contributed by atoms with Gasteiger partial charge in [0.2, 0.25) is 0 Å². The minimum absolute atomic E-state index is 0.133. The molecule has 0 aliphatic rings. The summed E-state index contributed by atoms with van der Waals surface area (Å²) in [4.78, 5) is 1.17. The number of thioether (sulfide) groups is 1. The van der Waals surface area contributed by atoms with Gasteiger partial charge in [-0.3, -0.25) is 0 Å². The van der Waals surface area contributed by atoms with E-state index >= 15 is 0 Å². The van der Waals surface area contributed by atoms with Crippen LogP contribution in [0.1, 0.15) is 24.9 Å². The summed E-state index contributed by atoms with van der Waals surface area (Å²) in [6, 6.07) is 8.50. The number of rotatable bonds is 5. The maximum atomic E-state index is 5.99. The summed E-state index contributed by atoms with van der Waals surface area (Å²) in [6.07, 6.45) is 2.97. The second kappa shape index (κ2) is 6.56. The first-order valence-corrected chi connectivity index (χ1v) is 8.49. The molecule has 0 saturated heterocycles. The van der Waals surface area contributed by atoms with Crippen molar-refractivity contribution in [3.8, 4) is 0 Å². The Kier molecular flexibility index (Phi) is 5.05. The van der Waals surface area contributed by atoms with Gasteiger partial charge in [-0.2, -0.15) is 0 Å². The lowest BCUT2D eigenvalue weighted by Gasteiger charge is -2.09. The molecule has 0 unspecified atom stereocenters. The summed E-state index contributed by atoms with van der Waals surface area (Å²) in [5.74, 6) is 0. The van der Waals surface area contributed by atoms with Crippen LogP contribution in [0.25, 0.3) is 0 Å². The van der Waals surface area contributed by atoms with Crippen LogP contribution < -0.4 is 5.73 Å². The van der Waals surface area contributed by atoms with Crippen LogP contribution in [-0.2, 0) is 0 Å². The van der Waals surface area contributed by atoms with Gasteiger partial charge < -0.3 is 5.73 Å². The molecule has 0 aliphatic carbocycles. The van der Waals surface area contributed by atoms with Gasteiger partial charge in [-0.25, -0.2) is 0 Å². The molecular formula is C12H15N3S3. The number of nitrogens with zero attached hydrogens (tertiary/aromatic N) is 2. The van der Waals surface area contributed by atoms with Gasteiger partial charge in [0.15, 0.2) is 8.68 Å². The molecule has 1 aromatic heterocycles. The molecule has 0 spiro atoms. The summed E-state index contributed by atoms with van der Waals surface area (Å²) in [5.41, 5.74) is 7.17. The minimum atomic E-state index is 0.133. The Labute approximate surface area is 120 Å². The fourth-order valence-corrected chi connectivity index (χ4v) is 3.85. The van der Waals surface area contributed by atoms with Gasteiger partial charge in [-0.15, -0.1) is 10.2 Å². The smallest absolute Gasteiger partial charge is 0.179 e. The molecule has 2 aromatic rings. The zero-order valence-corrected chi connectivity index (χ0v) is 12.7. The number of nitrogens with two attached hydrogens (primary N) is 1. The zero-order valence-electron chi connectivity index (χ0n) is 10.3. The molecule has 0 radical (unpaired) electrons. The number of benzene rings is 1. The molecule has 1 atom stereocenters. The summed E-state index contributed by atoms with van der Waals surface area (Å²) in [7, 11) is 0. The predicted molar refractivity (Wildman–Crippen MR) is 79.5 cm³/mol. The van der Waals surface area contributed by atoms with Crippen LogP contribution in [0, 0.1) is 0 Å². The van der Waals surface area contributed by atoms with Crippen LogP contribution in [-0.4, -0.2) is 16.5 Å². The molecule has 2 rings (SSSR count). The molecule has 0 saturated carbocycles. The summed E-state index contributed by atoms with van der Waals surface area (Å²) < 4.78 is 1.98. The van der Waals surface area contributed by atoms with Crippen LogP contribution in [0.2, 0.25) is 0 Å². The van der Waals surface area contributed by atoms with Crippen molar-refractivity contribution in [2.24, 2.45) is 5.73 Å². The fraction of sp³-hybridized carbons (Fsp3) is 0.333. The van der Waals surface area contributed by atoms with Crippen molar-refractivity contribution in [3.63, 3.8) is 0 Å². The number of aromatic nitrogens is 2. The van der Waals surface area contributed by atoms with Gasteiger partial charge in [0.05, 0.1) is 0 Å². The molecule has 2 N–H and O–H groups in total. The highest BCUT2D eigenvalue weighted by molar-refractivity contribution is 8.03. The normalized spacial score (nSPS) is 12.6. The maximum absolute atomic E-state index is 5.99. The van der Waals surface area contributed by atoms with Gasteiger partial charge in [0.25, 0.3) is 0 Å². The maximum Gasteiger partial charge on any atom is 0.179 e. The van der Waals surface area contributed by atoms with Crippen LogP contribution in [0.4, 0.5) is 0 Å². The molecule has 0 fully saturated rings. The topological polar surface area (TPSA) is 51.8 Å². The van der Waals surface area contributed by atoms with Gasteiger partial charge >= 0.3 is 0 Å². The monoisotopic (exact) mass is 297 g/mol. The van der Waals surface area contributed by atoms with E-state index in [1.165, 1.54) is 10.5 Å². The standard InChI is InChI=1S/C12H15N3S3/c1-3-10(13)8-4-6-9(7-5-8)17-12-15-14-11(16-2)18-12/h4-7,10H,3,13H2,1-2H3/t10-/m1/s1. The Morgan fingerprint density at radius 3 is 2.44 bits per heavy atom. The van der Waals surface area contributed by atoms with E-state index < -0.39 is 0 Å². The third-order valence-corrected chi connectivity index (χ3v) is 5.47. The number of hydrogen-bond donors (Lipinski definition) is 1. The number of hydrogen-bond acceptors (Lipinski definition) is 6. The third kappa shape index (κ3) is 3.47. The minimum Gasteiger partial charge on any atom is -0.324 e. The Bertz CT molecular complexity index is 496. The average Bonchev–Trinajstić information content (AvgIpc) is 2.86. The van der Waals surface area contributed by atoms with E-state index in [1.54, 1.807) is 34.9 Å². The molecule has 0 amide bonds. The summed E-state index contributed by atoms with van der Waals surface area (Å²) >= 11 is 4.89. The average molecular weight is 297 g/mol. The molecule has 96 valence electrons. The first-order valence-electron chi connectivity index (χ1n) is 5.63. The van der Waals surface area contributed by atoms with Crippen molar-refractivity contribution >= 4 is 34.9 Å². The van der Waals surface area contributed by atoms with Crippen LogP contribution in [0.5, 0.6) is 0 Å². The molecule has 0 bridgehead atoms. The molecule has 3 nitrogen and oxygen atoms in total. The van der Waals surface area contributed by atoms with E-state index in [0.717, 1.165) is 15.1 Å². The lowest BCUT2D eigenvalue weighted by atomic mass is 10.1. The van der Waals surface area contributed by atoms with Gasteiger partial charge in [0, 0.05) is 10.9 Å². The Morgan fingerprint density at radius 2 is 1.89 bits per heavy atom.